The summed E-state index contributed by atoms with van der Waals surface area (Å²) in [5, 5.41) is 0.293. The SMILES string of the molecule is CCCC(=O)c1ccc(CN(C(C(N)=O)c2cc(F)cc(F)c2)S(=O)(=O)c2ccc(Cl)cc2)cc1. The van der Waals surface area contributed by atoms with Gasteiger partial charge in [0, 0.05) is 29.6 Å². The average molecular weight is 521 g/mol. The molecular weight excluding hydrogens is 498 g/mol. The number of carbonyl (C=O) groups excluding carboxylic acids is 2. The van der Waals surface area contributed by atoms with Crippen molar-refractivity contribution in [2.24, 2.45) is 5.73 Å². The Morgan fingerprint density at radius 1 is 0.971 bits per heavy atom. The van der Waals surface area contributed by atoms with Crippen molar-refractivity contribution in [3.8, 4) is 0 Å². The van der Waals surface area contributed by atoms with E-state index in [4.69, 9.17) is 17.3 Å². The Balaban J connectivity index is 2.11. The summed E-state index contributed by atoms with van der Waals surface area (Å²) in [6, 6.07) is 12.0. The summed E-state index contributed by atoms with van der Waals surface area (Å²) >= 11 is 5.88. The zero-order valence-corrected chi connectivity index (χ0v) is 20.3. The van der Waals surface area contributed by atoms with Gasteiger partial charge in [0.05, 0.1) is 4.90 Å². The quantitative estimate of drug-likeness (QED) is 0.380. The standard InChI is InChI=1S/C25H23ClF2N2O4S/c1-2-3-23(31)17-6-4-16(5-7-17)15-30(35(33,34)22-10-8-19(26)9-11-22)24(25(29)32)18-12-20(27)14-21(28)13-18/h4-14,24H,2-3,15H2,1H3,(H2,29,32). The zero-order valence-electron chi connectivity index (χ0n) is 18.7. The molecule has 3 aromatic rings. The van der Waals surface area contributed by atoms with Gasteiger partial charge >= 0.3 is 0 Å². The first-order chi connectivity index (χ1) is 16.5. The number of carbonyl (C=O) groups is 2. The van der Waals surface area contributed by atoms with Crippen molar-refractivity contribution >= 4 is 33.3 Å². The largest absolute Gasteiger partial charge is 0.368 e. The molecule has 10 heteroatoms. The van der Waals surface area contributed by atoms with E-state index < -0.39 is 33.6 Å². The minimum atomic E-state index is -4.41. The Bertz CT molecular complexity index is 1310. The van der Waals surface area contributed by atoms with Crippen LogP contribution in [-0.4, -0.2) is 24.4 Å². The molecule has 6 nitrogen and oxygen atoms in total. The van der Waals surface area contributed by atoms with E-state index in [2.05, 4.69) is 0 Å². The van der Waals surface area contributed by atoms with Crippen LogP contribution in [0.3, 0.4) is 0 Å². The molecule has 1 atom stereocenters. The molecule has 0 aliphatic heterocycles. The normalized spacial score (nSPS) is 12.5. The van der Waals surface area contributed by atoms with Gasteiger partial charge in [-0.3, -0.25) is 9.59 Å². The van der Waals surface area contributed by atoms with Crippen LogP contribution in [0.1, 0.15) is 47.3 Å². The Morgan fingerprint density at radius 3 is 2.06 bits per heavy atom. The highest BCUT2D eigenvalue weighted by Gasteiger charge is 2.36. The highest BCUT2D eigenvalue weighted by molar-refractivity contribution is 7.89. The van der Waals surface area contributed by atoms with Crippen LogP contribution < -0.4 is 5.73 Å². The second-order valence-corrected chi connectivity index (χ2v) is 10.2. The number of hydrogen-bond donors (Lipinski definition) is 1. The lowest BCUT2D eigenvalue weighted by molar-refractivity contribution is -0.122. The maximum absolute atomic E-state index is 14.0. The highest BCUT2D eigenvalue weighted by atomic mass is 35.5. The molecule has 1 unspecified atom stereocenters. The molecule has 0 aliphatic rings. The molecule has 3 rings (SSSR count). The minimum absolute atomic E-state index is 0.0602. The lowest BCUT2D eigenvalue weighted by Crippen LogP contribution is -2.41. The van der Waals surface area contributed by atoms with Gasteiger partial charge in [0.15, 0.2) is 5.78 Å². The van der Waals surface area contributed by atoms with Gasteiger partial charge in [-0.25, -0.2) is 17.2 Å². The molecule has 0 heterocycles. The molecule has 184 valence electrons. The van der Waals surface area contributed by atoms with E-state index in [-0.39, 0.29) is 22.8 Å². The fourth-order valence-electron chi connectivity index (χ4n) is 3.61. The fraction of sp³-hybridized carbons (Fsp3) is 0.200. The summed E-state index contributed by atoms with van der Waals surface area (Å²) in [6.07, 6.45) is 1.05. The van der Waals surface area contributed by atoms with Gasteiger partial charge in [-0.2, -0.15) is 4.31 Å². The van der Waals surface area contributed by atoms with Crippen LogP contribution in [0.4, 0.5) is 8.78 Å². The number of nitrogens with zero attached hydrogens (tertiary/aromatic N) is 1. The lowest BCUT2D eigenvalue weighted by atomic mass is 10.0. The van der Waals surface area contributed by atoms with Crippen LogP contribution in [0.2, 0.25) is 5.02 Å². The number of nitrogens with two attached hydrogens (primary N) is 1. The first-order valence-electron chi connectivity index (χ1n) is 10.7. The maximum atomic E-state index is 14.0. The van der Waals surface area contributed by atoms with Gasteiger partial charge in [-0.1, -0.05) is 42.8 Å². The van der Waals surface area contributed by atoms with E-state index in [0.717, 1.165) is 16.4 Å². The van der Waals surface area contributed by atoms with Crippen LogP contribution in [0.15, 0.2) is 71.6 Å². The van der Waals surface area contributed by atoms with Gasteiger partial charge in [-0.15, -0.1) is 0 Å². The molecule has 0 saturated heterocycles. The summed E-state index contributed by atoms with van der Waals surface area (Å²) in [4.78, 5) is 24.5. The van der Waals surface area contributed by atoms with Crippen molar-refractivity contribution in [2.75, 3.05) is 0 Å². The van der Waals surface area contributed by atoms with Crippen LogP contribution in [0.5, 0.6) is 0 Å². The molecule has 35 heavy (non-hydrogen) atoms. The predicted octanol–water partition coefficient (Wildman–Crippen LogP) is 5.02. The average Bonchev–Trinajstić information content (AvgIpc) is 2.78. The van der Waals surface area contributed by atoms with Crippen LogP contribution >= 0.6 is 11.6 Å². The summed E-state index contributed by atoms with van der Waals surface area (Å²) in [5.74, 6) is -3.17. The monoisotopic (exact) mass is 520 g/mol. The summed E-state index contributed by atoms with van der Waals surface area (Å²) < 4.78 is 56.0. The second-order valence-electron chi connectivity index (χ2n) is 7.88. The van der Waals surface area contributed by atoms with Gasteiger partial charge in [0.2, 0.25) is 15.9 Å². The lowest BCUT2D eigenvalue weighted by Gasteiger charge is -2.29. The molecule has 0 radical (unpaired) electrons. The van der Waals surface area contributed by atoms with Gasteiger partial charge in [0.25, 0.3) is 0 Å². The maximum Gasteiger partial charge on any atom is 0.244 e. The van der Waals surface area contributed by atoms with E-state index in [1.165, 1.54) is 24.3 Å². The van der Waals surface area contributed by atoms with Crippen molar-refractivity contribution in [2.45, 2.75) is 37.2 Å². The molecule has 1 amide bonds. The number of rotatable bonds is 10. The number of halogens is 3. The number of amides is 1. The molecule has 2 N–H and O–H groups in total. The molecule has 0 bridgehead atoms. The topological polar surface area (TPSA) is 97.5 Å². The van der Waals surface area contributed by atoms with E-state index in [1.807, 2.05) is 6.92 Å². The third-order valence-corrected chi connectivity index (χ3v) is 7.35. The van der Waals surface area contributed by atoms with Gasteiger partial charge < -0.3 is 5.73 Å². The van der Waals surface area contributed by atoms with Crippen LogP contribution in [0, 0.1) is 11.6 Å². The molecule has 0 spiro atoms. The minimum Gasteiger partial charge on any atom is -0.368 e. The number of benzene rings is 3. The molecular formula is C25H23ClF2N2O4S. The number of hydrogen-bond acceptors (Lipinski definition) is 4. The molecule has 0 aromatic heterocycles. The summed E-state index contributed by atoms with van der Waals surface area (Å²) in [7, 11) is -4.41. The van der Waals surface area contributed by atoms with Crippen molar-refractivity contribution in [3.05, 3.63) is 100 Å². The zero-order chi connectivity index (χ0) is 25.8. The highest BCUT2D eigenvalue weighted by Crippen LogP contribution is 2.31. The fourth-order valence-corrected chi connectivity index (χ4v) is 5.31. The van der Waals surface area contributed by atoms with Crippen molar-refractivity contribution < 1.29 is 26.8 Å². The first-order valence-corrected chi connectivity index (χ1v) is 12.5. The van der Waals surface area contributed by atoms with Crippen molar-refractivity contribution in [1.29, 1.82) is 0 Å². The summed E-state index contributed by atoms with van der Waals surface area (Å²) in [5.41, 5.74) is 6.19. The van der Waals surface area contributed by atoms with E-state index in [0.29, 0.717) is 35.1 Å². The number of Topliss-reactive ketones (excluding diaryl/α,β-unsaturated/α-hetero) is 1. The molecule has 3 aromatic carbocycles. The Labute approximate surface area is 207 Å². The smallest absolute Gasteiger partial charge is 0.244 e. The Kier molecular flexibility index (Phi) is 8.37. The third-order valence-electron chi connectivity index (χ3n) is 5.27. The van der Waals surface area contributed by atoms with E-state index >= 15 is 0 Å². The van der Waals surface area contributed by atoms with E-state index in [1.54, 1.807) is 24.3 Å². The molecule has 0 fully saturated rings. The Hall–Kier alpha value is -3.14. The van der Waals surface area contributed by atoms with Crippen molar-refractivity contribution in [3.63, 3.8) is 0 Å². The van der Waals surface area contributed by atoms with Crippen LogP contribution in [0.25, 0.3) is 0 Å². The van der Waals surface area contributed by atoms with Crippen LogP contribution in [-0.2, 0) is 21.4 Å². The number of ketones is 1. The van der Waals surface area contributed by atoms with Gasteiger partial charge in [-0.05, 0) is 53.9 Å². The number of sulfonamides is 1. The second kappa shape index (κ2) is 11.1. The van der Waals surface area contributed by atoms with E-state index in [9.17, 15) is 26.8 Å². The Morgan fingerprint density at radius 2 is 1.54 bits per heavy atom. The number of primary amides is 1. The molecule has 0 saturated carbocycles. The summed E-state index contributed by atoms with van der Waals surface area (Å²) in [6.45, 7) is 1.52. The predicted molar refractivity (Wildman–Crippen MR) is 128 cm³/mol. The van der Waals surface area contributed by atoms with Crippen molar-refractivity contribution in [1.82, 2.24) is 4.31 Å². The third kappa shape index (κ3) is 6.30. The first kappa shape index (κ1) is 26.5. The molecule has 0 aliphatic carbocycles. The van der Waals surface area contributed by atoms with Gasteiger partial charge in [0.1, 0.15) is 17.7 Å².